The first-order chi connectivity index (χ1) is 9.66. The lowest BCUT2D eigenvalue weighted by Gasteiger charge is -2.45. The Balaban J connectivity index is 1.87. The average Bonchev–Trinajstić information content (AvgIpc) is 2.46. The molecule has 0 aromatic heterocycles. The van der Waals surface area contributed by atoms with Gasteiger partial charge in [0.1, 0.15) is 0 Å². The molecule has 1 aromatic rings. The molecular formula is C17H25BrN2. The Morgan fingerprint density at radius 1 is 1.20 bits per heavy atom. The molecule has 3 heteroatoms. The Kier molecular flexibility index (Phi) is 4.37. The van der Waals surface area contributed by atoms with Crippen LogP contribution >= 0.6 is 15.9 Å². The zero-order valence-electron chi connectivity index (χ0n) is 12.3. The number of hydrogen-bond donors (Lipinski definition) is 1. The van der Waals surface area contributed by atoms with Gasteiger partial charge in [0, 0.05) is 23.1 Å². The zero-order valence-corrected chi connectivity index (χ0v) is 13.9. The summed E-state index contributed by atoms with van der Waals surface area (Å²) < 4.78 is 1.21. The van der Waals surface area contributed by atoms with Gasteiger partial charge in [-0.15, -0.1) is 0 Å². The molecule has 0 spiro atoms. The molecule has 20 heavy (non-hydrogen) atoms. The van der Waals surface area contributed by atoms with Crippen LogP contribution in [0.1, 0.15) is 57.1 Å². The fourth-order valence-corrected chi connectivity index (χ4v) is 4.59. The minimum absolute atomic E-state index is 0.101. The number of nitrogens with zero attached hydrogens (tertiary/aromatic N) is 1. The molecule has 2 nitrogen and oxygen atoms in total. The normalized spacial score (nSPS) is 28.1. The van der Waals surface area contributed by atoms with Crippen LogP contribution in [-0.4, -0.2) is 12.6 Å². The van der Waals surface area contributed by atoms with E-state index in [0.717, 1.165) is 12.0 Å². The van der Waals surface area contributed by atoms with Gasteiger partial charge in [-0.25, -0.2) is 0 Å². The van der Waals surface area contributed by atoms with Crippen LogP contribution in [-0.2, 0) is 0 Å². The van der Waals surface area contributed by atoms with E-state index in [1.807, 2.05) is 6.92 Å². The molecule has 2 unspecified atom stereocenters. The number of rotatable bonds is 2. The highest BCUT2D eigenvalue weighted by Gasteiger charge is 2.33. The standard InChI is InChI=1S/C17H25BrN2/c1-12(19)14-8-9-17(15(18)11-14)20-10-4-6-13-5-2-3-7-16(13)20/h8-9,11-13,16H,2-7,10,19H2,1H3/t12-,13?,16?/m1/s1. The van der Waals surface area contributed by atoms with Crippen molar-refractivity contribution in [2.75, 3.05) is 11.4 Å². The summed E-state index contributed by atoms with van der Waals surface area (Å²) >= 11 is 3.77. The van der Waals surface area contributed by atoms with Gasteiger partial charge in [-0.2, -0.15) is 0 Å². The van der Waals surface area contributed by atoms with Crippen molar-refractivity contribution in [3.8, 4) is 0 Å². The molecule has 0 amide bonds. The number of piperidine rings is 1. The lowest BCUT2D eigenvalue weighted by atomic mass is 9.78. The van der Waals surface area contributed by atoms with Gasteiger partial charge in [0.15, 0.2) is 0 Å². The third-order valence-electron chi connectivity index (χ3n) is 5.05. The van der Waals surface area contributed by atoms with E-state index in [9.17, 15) is 0 Å². The average molecular weight is 337 g/mol. The molecule has 2 N–H and O–H groups in total. The number of nitrogens with two attached hydrogens (primary N) is 1. The fraction of sp³-hybridized carbons (Fsp3) is 0.647. The Hall–Kier alpha value is -0.540. The topological polar surface area (TPSA) is 29.3 Å². The zero-order chi connectivity index (χ0) is 14.1. The highest BCUT2D eigenvalue weighted by Crippen LogP contribution is 2.40. The summed E-state index contributed by atoms with van der Waals surface area (Å²) in [7, 11) is 0. The molecule has 1 heterocycles. The minimum Gasteiger partial charge on any atom is -0.367 e. The predicted octanol–water partition coefficient (Wildman–Crippen LogP) is 4.63. The van der Waals surface area contributed by atoms with Crippen LogP contribution < -0.4 is 10.6 Å². The summed E-state index contributed by atoms with van der Waals surface area (Å²) in [6.07, 6.45) is 8.38. The van der Waals surface area contributed by atoms with Gasteiger partial charge in [0.05, 0.1) is 5.69 Å². The first-order valence-corrected chi connectivity index (χ1v) is 8.78. The van der Waals surface area contributed by atoms with Gasteiger partial charge >= 0.3 is 0 Å². The van der Waals surface area contributed by atoms with Crippen molar-refractivity contribution in [2.45, 2.75) is 57.5 Å². The van der Waals surface area contributed by atoms with Crippen molar-refractivity contribution in [1.29, 1.82) is 0 Å². The molecular weight excluding hydrogens is 312 g/mol. The summed E-state index contributed by atoms with van der Waals surface area (Å²) in [5.41, 5.74) is 8.56. The summed E-state index contributed by atoms with van der Waals surface area (Å²) in [6.45, 7) is 3.25. The fourth-order valence-electron chi connectivity index (χ4n) is 3.96. The molecule has 1 aliphatic heterocycles. The molecule has 0 bridgehead atoms. The Labute approximate surface area is 130 Å². The second kappa shape index (κ2) is 6.07. The van der Waals surface area contributed by atoms with E-state index in [1.165, 1.54) is 60.8 Å². The van der Waals surface area contributed by atoms with Crippen LogP contribution in [0.15, 0.2) is 22.7 Å². The van der Waals surface area contributed by atoms with Gasteiger partial charge in [0.25, 0.3) is 0 Å². The monoisotopic (exact) mass is 336 g/mol. The molecule has 1 aliphatic carbocycles. The molecule has 1 saturated heterocycles. The van der Waals surface area contributed by atoms with Crippen LogP contribution in [0.25, 0.3) is 0 Å². The van der Waals surface area contributed by atoms with Crippen molar-refractivity contribution in [3.63, 3.8) is 0 Å². The van der Waals surface area contributed by atoms with Gasteiger partial charge < -0.3 is 10.6 Å². The van der Waals surface area contributed by atoms with E-state index < -0.39 is 0 Å². The molecule has 2 aliphatic rings. The third kappa shape index (κ3) is 2.75. The van der Waals surface area contributed by atoms with Crippen molar-refractivity contribution in [2.24, 2.45) is 11.7 Å². The van der Waals surface area contributed by atoms with Crippen LogP contribution in [0.2, 0.25) is 0 Å². The van der Waals surface area contributed by atoms with E-state index in [4.69, 9.17) is 5.73 Å². The number of fused-ring (bicyclic) bond motifs is 1. The van der Waals surface area contributed by atoms with Crippen molar-refractivity contribution < 1.29 is 0 Å². The lowest BCUT2D eigenvalue weighted by Crippen LogP contribution is -2.47. The van der Waals surface area contributed by atoms with Crippen molar-refractivity contribution in [3.05, 3.63) is 28.2 Å². The Morgan fingerprint density at radius 3 is 2.70 bits per heavy atom. The van der Waals surface area contributed by atoms with Gasteiger partial charge in [-0.3, -0.25) is 0 Å². The molecule has 1 aromatic carbocycles. The lowest BCUT2D eigenvalue weighted by molar-refractivity contribution is 0.243. The van der Waals surface area contributed by atoms with Crippen LogP contribution in [0.3, 0.4) is 0 Å². The van der Waals surface area contributed by atoms with Crippen LogP contribution in [0.4, 0.5) is 5.69 Å². The van der Waals surface area contributed by atoms with E-state index >= 15 is 0 Å². The van der Waals surface area contributed by atoms with Crippen LogP contribution in [0, 0.1) is 5.92 Å². The highest BCUT2D eigenvalue weighted by molar-refractivity contribution is 9.10. The maximum absolute atomic E-state index is 5.98. The van der Waals surface area contributed by atoms with E-state index in [0.29, 0.717) is 0 Å². The van der Waals surface area contributed by atoms with Crippen LogP contribution in [0.5, 0.6) is 0 Å². The summed E-state index contributed by atoms with van der Waals surface area (Å²) in [6, 6.07) is 7.52. The Morgan fingerprint density at radius 2 is 1.95 bits per heavy atom. The summed E-state index contributed by atoms with van der Waals surface area (Å²) in [4.78, 5) is 2.66. The highest BCUT2D eigenvalue weighted by atomic mass is 79.9. The molecule has 110 valence electrons. The second-order valence-corrected chi connectivity index (χ2v) is 7.30. The Bertz CT molecular complexity index is 470. The molecule has 3 rings (SSSR count). The SMILES string of the molecule is C[C@@H](N)c1ccc(N2CCCC3CCCCC32)c(Br)c1. The largest absolute Gasteiger partial charge is 0.367 e. The predicted molar refractivity (Wildman–Crippen MR) is 89.1 cm³/mol. The maximum atomic E-state index is 5.98. The van der Waals surface area contributed by atoms with E-state index in [-0.39, 0.29) is 6.04 Å². The molecule has 2 fully saturated rings. The smallest absolute Gasteiger partial charge is 0.0513 e. The molecule has 3 atom stereocenters. The summed E-state index contributed by atoms with van der Waals surface area (Å²) in [5.74, 6) is 0.914. The number of hydrogen-bond acceptors (Lipinski definition) is 2. The maximum Gasteiger partial charge on any atom is 0.0513 e. The quantitative estimate of drug-likeness (QED) is 0.853. The van der Waals surface area contributed by atoms with Crippen molar-refractivity contribution >= 4 is 21.6 Å². The molecule has 0 radical (unpaired) electrons. The van der Waals surface area contributed by atoms with E-state index in [1.54, 1.807) is 0 Å². The second-order valence-electron chi connectivity index (χ2n) is 6.45. The number of anilines is 1. The van der Waals surface area contributed by atoms with Gasteiger partial charge in [0.2, 0.25) is 0 Å². The minimum atomic E-state index is 0.101. The third-order valence-corrected chi connectivity index (χ3v) is 5.69. The first-order valence-electron chi connectivity index (χ1n) is 7.98. The van der Waals surface area contributed by atoms with E-state index in [2.05, 4.69) is 39.0 Å². The van der Waals surface area contributed by atoms with Gasteiger partial charge in [-0.05, 0) is 72.2 Å². The number of halogens is 1. The number of benzene rings is 1. The summed E-state index contributed by atoms with van der Waals surface area (Å²) in [5, 5.41) is 0. The van der Waals surface area contributed by atoms with Gasteiger partial charge in [-0.1, -0.05) is 18.9 Å². The molecule has 1 saturated carbocycles. The first kappa shape index (κ1) is 14.4. The van der Waals surface area contributed by atoms with Crippen molar-refractivity contribution in [1.82, 2.24) is 0 Å².